The van der Waals surface area contributed by atoms with E-state index in [1.54, 1.807) is 13.2 Å². The van der Waals surface area contributed by atoms with E-state index in [0.29, 0.717) is 53.9 Å². The number of carbonyl (C=O) groups is 2. The number of anilines is 1. The summed E-state index contributed by atoms with van der Waals surface area (Å²) in [7, 11) is 3.05. The largest absolute Gasteiger partial charge is 0.481 e. The summed E-state index contributed by atoms with van der Waals surface area (Å²) in [6, 6.07) is 16.4. The Morgan fingerprint density at radius 2 is 1.83 bits per heavy atom. The third-order valence-corrected chi connectivity index (χ3v) is 7.95. The smallest absolute Gasteiger partial charge is 0.307 e. The van der Waals surface area contributed by atoms with Crippen LogP contribution in [0.15, 0.2) is 65.6 Å². The second-order valence-corrected chi connectivity index (χ2v) is 10.6. The molecule has 1 aliphatic heterocycles. The molecular formula is C31H30ClN5O5. The molecule has 42 heavy (non-hydrogen) atoms. The van der Waals surface area contributed by atoms with Crippen LogP contribution in [-0.4, -0.2) is 56.8 Å². The summed E-state index contributed by atoms with van der Waals surface area (Å²) >= 11 is 6.98. The number of rotatable bonds is 8. The zero-order valence-electron chi connectivity index (χ0n) is 23.4. The Kier molecular flexibility index (Phi) is 8.37. The van der Waals surface area contributed by atoms with Crippen LogP contribution in [0.2, 0.25) is 5.02 Å². The zero-order valence-corrected chi connectivity index (χ0v) is 24.2. The predicted octanol–water partition coefficient (Wildman–Crippen LogP) is 4.64. The Morgan fingerprint density at radius 1 is 1.10 bits per heavy atom. The summed E-state index contributed by atoms with van der Waals surface area (Å²) in [6.45, 7) is 3.61. The lowest BCUT2D eigenvalue weighted by molar-refractivity contribution is -0.141. The predicted molar refractivity (Wildman–Crippen MR) is 160 cm³/mol. The molecule has 11 heteroatoms. The van der Waals surface area contributed by atoms with Crippen LogP contribution in [0.25, 0.3) is 22.4 Å². The number of nitrogens with one attached hydrogen (secondary N) is 1. The number of nitrogens with zero attached hydrogens (tertiary/aromatic N) is 4. The molecule has 2 N–H and O–H groups in total. The van der Waals surface area contributed by atoms with Crippen LogP contribution >= 0.6 is 11.6 Å². The number of hydrogen-bond acceptors (Lipinski definition) is 7. The van der Waals surface area contributed by atoms with Gasteiger partial charge in [0.05, 0.1) is 23.7 Å². The SMILES string of the molecule is COc1nc(-c2cccc(-c3cccc(NC(=O)c4ccnn(C)c4=O)c3C)c2Cl)ccc1CN1CC[C@H](C(=O)O)C1. The molecule has 0 saturated carbocycles. The van der Waals surface area contributed by atoms with Gasteiger partial charge in [0.1, 0.15) is 5.56 Å². The lowest BCUT2D eigenvalue weighted by atomic mass is 9.96. The number of carboxylic acids is 1. The molecule has 4 aromatic rings. The molecule has 10 nitrogen and oxygen atoms in total. The third-order valence-electron chi connectivity index (χ3n) is 7.54. The topological polar surface area (TPSA) is 127 Å². The van der Waals surface area contributed by atoms with Gasteiger partial charge in [0, 0.05) is 48.7 Å². The molecule has 5 rings (SSSR count). The maximum atomic E-state index is 12.9. The molecule has 0 aliphatic carbocycles. The normalized spacial score (nSPS) is 15.0. The van der Waals surface area contributed by atoms with Gasteiger partial charge in [0.15, 0.2) is 0 Å². The molecule has 0 unspecified atom stereocenters. The number of carbonyl (C=O) groups excluding carboxylic acids is 1. The number of halogens is 1. The number of aliphatic carboxylic acids is 1. The van der Waals surface area contributed by atoms with Gasteiger partial charge >= 0.3 is 5.97 Å². The van der Waals surface area contributed by atoms with Crippen molar-refractivity contribution in [1.82, 2.24) is 19.7 Å². The van der Waals surface area contributed by atoms with Crippen LogP contribution in [0.5, 0.6) is 5.88 Å². The molecular weight excluding hydrogens is 558 g/mol. The Morgan fingerprint density at radius 3 is 2.57 bits per heavy atom. The van der Waals surface area contributed by atoms with Crippen LogP contribution in [0.3, 0.4) is 0 Å². The minimum absolute atomic E-state index is 0.00719. The summed E-state index contributed by atoms with van der Waals surface area (Å²) in [6.07, 6.45) is 2.03. The number of benzene rings is 2. The highest BCUT2D eigenvalue weighted by molar-refractivity contribution is 6.36. The van der Waals surface area contributed by atoms with Gasteiger partial charge in [-0.2, -0.15) is 5.10 Å². The number of pyridine rings is 1. The van der Waals surface area contributed by atoms with Crippen molar-refractivity contribution in [3.63, 3.8) is 0 Å². The first kappa shape index (κ1) is 29.0. The second kappa shape index (κ2) is 12.1. The van der Waals surface area contributed by atoms with E-state index in [4.69, 9.17) is 21.3 Å². The van der Waals surface area contributed by atoms with Crippen molar-refractivity contribution in [1.29, 1.82) is 0 Å². The van der Waals surface area contributed by atoms with Gasteiger partial charge in [-0.15, -0.1) is 0 Å². The molecule has 0 spiro atoms. The number of aromatic nitrogens is 3. The average Bonchev–Trinajstić information content (AvgIpc) is 3.45. The first-order valence-corrected chi connectivity index (χ1v) is 13.8. The highest BCUT2D eigenvalue weighted by Gasteiger charge is 2.28. The van der Waals surface area contributed by atoms with Gasteiger partial charge in [-0.05, 0) is 49.2 Å². The summed E-state index contributed by atoms with van der Waals surface area (Å²) < 4.78 is 6.72. The van der Waals surface area contributed by atoms with E-state index in [0.717, 1.165) is 26.9 Å². The fraction of sp³-hybridized carbons (Fsp3) is 0.258. The molecule has 1 aliphatic rings. The van der Waals surface area contributed by atoms with Crippen molar-refractivity contribution in [3.8, 4) is 28.3 Å². The van der Waals surface area contributed by atoms with Crippen molar-refractivity contribution in [3.05, 3.63) is 92.9 Å². The Bertz CT molecular complexity index is 1740. The summed E-state index contributed by atoms with van der Waals surface area (Å²) in [5.41, 5.74) is 4.60. The van der Waals surface area contributed by atoms with E-state index in [-0.39, 0.29) is 11.5 Å². The Balaban J connectivity index is 1.43. The van der Waals surface area contributed by atoms with E-state index in [2.05, 4.69) is 15.3 Å². The van der Waals surface area contributed by atoms with Crippen molar-refractivity contribution >= 4 is 29.2 Å². The molecule has 1 fully saturated rings. The molecule has 2 aromatic carbocycles. The Hall–Kier alpha value is -4.54. The number of ether oxygens (including phenoxy) is 1. The first-order valence-electron chi connectivity index (χ1n) is 13.4. The molecule has 1 amide bonds. The van der Waals surface area contributed by atoms with E-state index in [1.807, 2.05) is 49.4 Å². The third kappa shape index (κ3) is 5.77. The quantitative estimate of drug-likeness (QED) is 0.305. The minimum Gasteiger partial charge on any atom is -0.481 e. The molecule has 0 bridgehead atoms. The van der Waals surface area contributed by atoms with E-state index in [9.17, 15) is 19.5 Å². The number of amides is 1. The van der Waals surface area contributed by atoms with Gasteiger partial charge < -0.3 is 15.2 Å². The van der Waals surface area contributed by atoms with Crippen LogP contribution in [-0.2, 0) is 18.4 Å². The average molecular weight is 588 g/mol. The first-order chi connectivity index (χ1) is 20.2. The maximum absolute atomic E-state index is 12.9. The second-order valence-electron chi connectivity index (χ2n) is 10.2. The van der Waals surface area contributed by atoms with Crippen LogP contribution in [0.1, 0.15) is 27.9 Å². The van der Waals surface area contributed by atoms with Gasteiger partial charge in [-0.25, -0.2) is 9.67 Å². The van der Waals surface area contributed by atoms with E-state index in [1.165, 1.54) is 19.3 Å². The van der Waals surface area contributed by atoms with E-state index < -0.39 is 17.4 Å². The highest BCUT2D eigenvalue weighted by atomic mass is 35.5. The number of likely N-dealkylation sites (tertiary alicyclic amines) is 1. The molecule has 2 aromatic heterocycles. The van der Waals surface area contributed by atoms with Crippen molar-refractivity contribution in [2.75, 3.05) is 25.5 Å². The van der Waals surface area contributed by atoms with Gasteiger partial charge in [-0.3, -0.25) is 19.3 Å². The number of aryl methyl sites for hydroxylation is 1. The van der Waals surface area contributed by atoms with Gasteiger partial charge in [-0.1, -0.05) is 48.0 Å². The van der Waals surface area contributed by atoms with Crippen molar-refractivity contribution in [2.24, 2.45) is 13.0 Å². The monoisotopic (exact) mass is 587 g/mol. The minimum atomic E-state index is -0.768. The summed E-state index contributed by atoms with van der Waals surface area (Å²) in [4.78, 5) is 43.4. The number of carboxylic acid groups (broad SMARTS) is 1. The standard InChI is InChI=1S/C31H30ClN5O5/c1-18-21(6-5-9-25(18)34-28(38)24-12-14-33-36(2)30(24)39)22-7-4-8-23(27(22)32)26-11-10-19(29(35-26)42-3)16-37-15-13-20(17-37)31(40)41/h4-12,14,20H,13,15-17H2,1-3H3,(H,34,38)(H,40,41)/t20-/m0/s1. The molecule has 1 saturated heterocycles. The van der Waals surface area contributed by atoms with Crippen molar-refractivity contribution < 1.29 is 19.4 Å². The lowest BCUT2D eigenvalue weighted by Crippen LogP contribution is -2.28. The van der Waals surface area contributed by atoms with E-state index >= 15 is 0 Å². The molecule has 1 atom stereocenters. The molecule has 3 heterocycles. The molecule has 216 valence electrons. The maximum Gasteiger partial charge on any atom is 0.307 e. The van der Waals surface area contributed by atoms with Gasteiger partial charge in [0.2, 0.25) is 5.88 Å². The summed E-state index contributed by atoms with van der Waals surface area (Å²) in [5, 5.41) is 16.5. The fourth-order valence-corrected chi connectivity index (χ4v) is 5.53. The summed E-state index contributed by atoms with van der Waals surface area (Å²) in [5.74, 6) is -1.20. The van der Waals surface area contributed by atoms with Crippen molar-refractivity contribution in [2.45, 2.75) is 19.9 Å². The van der Waals surface area contributed by atoms with Gasteiger partial charge in [0.25, 0.3) is 11.5 Å². The lowest BCUT2D eigenvalue weighted by Gasteiger charge is -2.18. The fourth-order valence-electron chi connectivity index (χ4n) is 5.20. The highest BCUT2D eigenvalue weighted by Crippen LogP contribution is 2.39. The Labute approximate surface area is 247 Å². The van der Waals surface area contributed by atoms with Crippen LogP contribution in [0, 0.1) is 12.8 Å². The number of methoxy groups -OCH3 is 1. The zero-order chi connectivity index (χ0) is 30.0. The number of hydrogen-bond donors (Lipinski definition) is 2. The van der Waals surface area contributed by atoms with Crippen LogP contribution < -0.4 is 15.6 Å². The van der Waals surface area contributed by atoms with Crippen LogP contribution in [0.4, 0.5) is 5.69 Å². The molecule has 0 radical (unpaired) electrons.